The Morgan fingerprint density at radius 1 is 1.00 bits per heavy atom. The smallest absolute Gasteiger partial charge is 0.338 e. The number of carbonyl (C=O) groups is 2. The summed E-state index contributed by atoms with van der Waals surface area (Å²) in [6.07, 6.45) is 0. The van der Waals surface area contributed by atoms with Gasteiger partial charge in [-0.2, -0.15) is 0 Å². The summed E-state index contributed by atoms with van der Waals surface area (Å²) in [5.41, 5.74) is 0.531. The number of rotatable bonds is 7. The predicted molar refractivity (Wildman–Crippen MR) is 93.4 cm³/mol. The Kier molecular flexibility index (Phi) is 6.30. The SMILES string of the molecule is CCNS(=O)(=O)c1ccc(C(=O)OCC(=O)c2ccc(Cl)cc2)cc1. The van der Waals surface area contributed by atoms with Crippen LogP contribution in [0, 0.1) is 0 Å². The van der Waals surface area contributed by atoms with Crippen molar-refractivity contribution in [3.63, 3.8) is 0 Å². The van der Waals surface area contributed by atoms with E-state index in [0.29, 0.717) is 10.6 Å². The highest BCUT2D eigenvalue weighted by Gasteiger charge is 2.15. The number of ether oxygens (including phenoxy) is 1. The van der Waals surface area contributed by atoms with Gasteiger partial charge in [0.25, 0.3) is 0 Å². The van der Waals surface area contributed by atoms with E-state index in [1.165, 1.54) is 24.3 Å². The molecule has 0 aliphatic rings. The van der Waals surface area contributed by atoms with Crippen molar-refractivity contribution in [2.24, 2.45) is 0 Å². The Balaban J connectivity index is 1.99. The second-order valence-electron chi connectivity index (χ2n) is 5.03. The summed E-state index contributed by atoms with van der Waals surface area (Å²) < 4.78 is 31.0. The zero-order valence-corrected chi connectivity index (χ0v) is 14.9. The fourth-order valence-corrected chi connectivity index (χ4v) is 3.14. The number of hydrogen-bond acceptors (Lipinski definition) is 5. The van der Waals surface area contributed by atoms with Gasteiger partial charge in [-0.15, -0.1) is 0 Å². The molecule has 0 aromatic heterocycles. The minimum absolute atomic E-state index is 0.0446. The molecule has 0 bridgehead atoms. The molecule has 0 atom stereocenters. The number of esters is 1. The number of Topliss-reactive ketones (excluding diaryl/α,β-unsaturated/α-hetero) is 1. The van der Waals surface area contributed by atoms with Crippen LogP contribution in [-0.2, 0) is 14.8 Å². The molecule has 0 saturated heterocycles. The Hall–Kier alpha value is -2.22. The first-order valence-electron chi connectivity index (χ1n) is 7.39. The van der Waals surface area contributed by atoms with Gasteiger partial charge in [-0.1, -0.05) is 18.5 Å². The van der Waals surface area contributed by atoms with Gasteiger partial charge in [-0.25, -0.2) is 17.9 Å². The standard InChI is InChI=1S/C17H16ClNO5S/c1-2-19-25(22,23)15-9-5-13(6-10-15)17(21)24-11-16(20)12-3-7-14(18)8-4-12/h3-10,19H,2,11H2,1H3. The van der Waals surface area contributed by atoms with Gasteiger partial charge >= 0.3 is 5.97 Å². The molecule has 6 nitrogen and oxygen atoms in total. The zero-order valence-electron chi connectivity index (χ0n) is 13.4. The van der Waals surface area contributed by atoms with E-state index in [0.717, 1.165) is 0 Å². The quantitative estimate of drug-likeness (QED) is 0.588. The molecule has 1 N–H and O–H groups in total. The molecule has 2 rings (SSSR count). The molecule has 0 saturated carbocycles. The molecule has 0 fully saturated rings. The largest absolute Gasteiger partial charge is 0.454 e. The van der Waals surface area contributed by atoms with Gasteiger partial charge in [-0.05, 0) is 48.5 Å². The average molecular weight is 382 g/mol. The number of halogens is 1. The van der Waals surface area contributed by atoms with Crippen LogP contribution >= 0.6 is 11.6 Å². The maximum Gasteiger partial charge on any atom is 0.338 e. The van der Waals surface area contributed by atoms with Crippen molar-refractivity contribution in [1.82, 2.24) is 4.72 Å². The second kappa shape index (κ2) is 8.24. The Morgan fingerprint density at radius 2 is 1.56 bits per heavy atom. The van der Waals surface area contributed by atoms with Gasteiger partial charge < -0.3 is 4.74 Å². The van der Waals surface area contributed by atoms with Crippen molar-refractivity contribution in [1.29, 1.82) is 0 Å². The minimum atomic E-state index is -3.59. The van der Waals surface area contributed by atoms with Gasteiger partial charge in [0.2, 0.25) is 10.0 Å². The number of sulfonamides is 1. The molecule has 2 aromatic carbocycles. The monoisotopic (exact) mass is 381 g/mol. The molecule has 132 valence electrons. The van der Waals surface area contributed by atoms with Gasteiger partial charge in [-0.3, -0.25) is 4.79 Å². The molecular weight excluding hydrogens is 366 g/mol. The van der Waals surface area contributed by atoms with E-state index in [4.69, 9.17) is 16.3 Å². The van der Waals surface area contributed by atoms with Crippen LogP contribution in [-0.4, -0.2) is 33.3 Å². The average Bonchev–Trinajstić information content (AvgIpc) is 2.60. The summed E-state index contributed by atoms with van der Waals surface area (Å²) in [6.45, 7) is 1.51. The van der Waals surface area contributed by atoms with Gasteiger partial charge in [0, 0.05) is 17.1 Å². The third kappa shape index (κ3) is 5.12. The third-order valence-electron chi connectivity index (χ3n) is 3.24. The van der Waals surface area contributed by atoms with E-state index in [-0.39, 0.29) is 22.8 Å². The minimum Gasteiger partial charge on any atom is -0.454 e. The van der Waals surface area contributed by atoms with Crippen LogP contribution in [0.4, 0.5) is 0 Å². The normalized spacial score (nSPS) is 11.1. The third-order valence-corrected chi connectivity index (χ3v) is 5.05. The number of nitrogens with one attached hydrogen (secondary N) is 1. The van der Waals surface area contributed by atoms with Crippen LogP contribution in [0.2, 0.25) is 5.02 Å². The first-order chi connectivity index (χ1) is 11.8. The summed E-state index contributed by atoms with van der Waals surface area (Å²) in [4.78, 5) is 23.9. The molecule has 8 heteroatoms. The summed E-state index contributed by atoms with van der Waals surface area (Å²) in [5.74, 6) is -1.08. The fraction of sp³-hybridized carbons (Fsp3) is 0.176. The summed E-state index contributed by atoms with van der Waals surface area (Å²) in [5, 5.41) is 0.501. The highest BCUT2D eigenvalue weighted by atomic mass is 35.5. The van der Waals surface area contributed by atoms with Gasteiger partial charge in [0.15, 0.2) is 12.4 Å². The second-order valence-corrected chi connectivity index (χ2v) is 7.24. The molecular formula is C17H16ClNO5S. The Bertz CT molecular complexity index is 861. The number of ketones is 1. The van der Waals surface area contributed by atoms with Crippen LogP contribution < -0.4 is 4.72 Å². The maximum absolute atomic E-state index is 12.0. The van der Waals surface area contributed by atoms with Crippen molar-refractivity contribution < 1.29 is 22.7 Å². The van der Waals surface area contributed by atoms with Crippen LogP contribution in [0.3, 0.4) is 0 Å². The van der Waals surface area contributed by atoms with E-state index in [1.54, 1.807) is 31.2 Å². The molecule has 0 aliphatic heterocycles. The fourth-order valence-electron chi connectivity index (χ4n) is 1.98. The van der Waals surface area contributed by atoms with Gasteiger partial charge in [0.1, 0.15) is 0 Å². The lowest BCUT2D eigenvalue weighted by molar-refractivity contribution is 0.0474. The number of hydrogen-bond donors (Lipinski definition) is 1. The lowest BCUT2D eigenvalue weighted by atomic mass is 10.1. The van der Waals surface area contributed by atoms with Crippen LogP contribution in [0.5, 0.6) is 0 Å². The Labute approximate surface area is 150 Å². The molecule has 25 heavy (non-hydrogen) atoms. The molecule has 0 amide bonds. The van der Waals surface area contributed by atoms with Crippen molar-refractivity contribution in [3.8, 4) is 0 Å². The molecule has 2 aromatic rings. The van der Waals surface area contributed by atoms with E-state index in [1.807, 2.05) is 0 Å². The molecule has 0 unspecified atom stereocenters. The molecule has 0 heterocycles. The van der Waals surface area contributed by atoms with Gasteiger partial charge in [0.05, 0.1) is 10.5 Å². The predicted octanol–water partition coefficient (Wildman–Crippen LogP) is 2.68. The number of benzene rings is 2. The highest BCUT2D eigenvalue weighted by Crippen LogP contribution is 2.13. The van der Waals surface area contributed by atoms with Crippen LogP contribution in [0.1, 0.15) is 27.6 Å². The van der Waals surface area contributed by atoms with E-state index in [2.05, 4.69) is 4.72 Å². The lowest BCUT2D eigenvalue weighted by Crippen LogP contribution is -2.23. The van der Waals surface area contributed by atoms with Crippen LogP contribution in [0.15, 0.2) is 53.4 Å². The van der Waals surface area contributed by atoms with E-state index < -0.39 is 22.6 Å². The van der Waals surface area contributed by atoms with E-state index in [9.17, 15) is 18.0 Å². The lowest BCUT2D eigenvalue weighted by Gasteiger charge is -2.07. The Morgan fingerprint density at radius 3 is 2.12 bits per heavy atom. The highest BCUT2D eigenvalue weighted by molar-refractivity contribution is 7.89. The number of carbonyl (C=O) groups excluding carboxylic acids is 2. The van der Waals surface area contributed by atoms with Crippen LogP contribution in [0.25, 0.3) is 0 Å². The first-order valence-corrected chi connectivity index (χ1v) is 9.25. The van der Waals surface area contributed by atoms with E-state index >= 15 is 0 Å². The first kappa shape index (κ1) is 19.1. The van der Waals surface area contributed by atoms with Crippen molar-refractivity contribution in [2.75, 3.05) is 13.2 Å². The summed E-state index contributed by atoms with van der Waals surface area (Å²) in [7, 11) is -3.59. The maximum atomic E-state index is 12.0. The van der Waals surface area contributed by atoms with Crippen molar-refractivity contribution in [2.45, 2.75) is 11.8 Å². The topological polar surface area (TPSA) is 89.5 Å². The summed E-state index contributed by atoms with van der Waals surface area (Å²) in [6, 6.07) is 11.5. The van der Waals surface area contributed by atoms with Crippen molar-refractivity contribution >= 4 is 33.4 Å². The molecule has 0 radical (unpaired) electrons. The molecule has 0 aliphatic carbocycles. The zero-order chi connectivity index (χ0) is 18.4. The summed E-state index contributed by atoms with van der Waals surface area (Å²) >= 11 is 5.74. The van der Waals surface area contributed by atoms with Crippen molar-refractivity contribution in [3.05, 3.63) is 64.7 Å². The molecule has 0 spiro atoms.